The molecule has 0 saturated carbocycles. The minimum Gasteiger partial charge on any atom is -0.113 e. The first-order valence-electron chi connectivity index (χ1n) is 6.26. The summed E-state index contributed by atoms with van der Waals surface area (Å²) < 4.78 is 1.07. The van der Waals surface area contributed by atoms with Crippen molar-refractivity contribution in [3.8, 4) is 0 Å². The molecule has 92 valence electrons. The fraction of sp³-hybridized carbons (Fsp3) is 0.250. The van der Waals surface area contributed by atoms with E-state index in [9.17, 15) is 0 Å². The molecule has 0 aliphatic heterocycles. The number of halogens is 2. The Morgan fingerprint density at radius 2 is 1.78 bits per heavy atom. The second kappa shape index (κ2) is 5.07. The van der Waals surface area contributed by atoms with Crippen molar-refractivity contribution in [2.45, 2.75) is 24.6 Å². The van der Waals surface area contributed by atoms with Gasteiger partial charge in [-0.15, -0.1) is 11.6 Å². The molecule has 0 spiro atoms. The molecule has 0 N–H and O–H groups in total. The Balaban J connectivity index is 1.98. The first-order chi connectivity index (χ1) is 8.75. The summed E-state index contributed by atoms with van der Waals surface area (Å²) in [6.07, 6.45) is 3.70. The predicted molar refractivity (Wildman–Crippen MR) is 80.3 cm³/mol. The smallest absolute Gasteiger partial charge is 0.0846 e. The Morgan fingerprint density at radius 1 is 1.00 bits per heavy atom. The fourth-order valence-electron chi connectivity index (χ4n) is 2.61. The monoisotopic (exact) mass is 320 g/mol. The van der Waals surface area contributed by atoms with Crippen LogP contribution in [0.3, 0.4) is 0 Å². The van der Waals surface area contributed by atoms with Gasteiger partial charge in [0.15, 0.2) is 0 Å². The van der Waals surface area contributed by atoms with Crippen molar-refractivity contribution in [3.05, 3.63) is 69.2 Å². The second-order valence-electron chi connectivity index (χ2n) is 4.77. The number of rotatable bonds is 2. The molecule has 0 bridgehead atoms. The van der Waals surface area contributed by atoms with Crippen molar-refractivity contribution in [1.29, 1.82) is 0 Å². The maximum atomic E-state index is 6.61. The minimum absolute atomic E-state index is 0.0773. The van der Waals surface area contributed by atoms with E-state index in [0.717, 1.165) is 10.0 Å². The average Bonchev–Trinajstić information content (AvgIpc) is 2.85. The predicted octanol–water partition coefficient (Wildman–Crippen LogP) is 5.27. The lowest BCUT2D eigenvalue weighted by Gasteiger charge is -2.13. The third kappa shape index (κ3) is 2.22. The summed E-state index contributed by atoms with van der Waals surface area (Å²) >= 11 is 10.2. The Labute approximate surface area is 121 Å². The molecule has 18 heavy (non-hydrogen) atoms. The first-order valence-corrected chi connectivity index (χ1v) is 7.49. The largest absolute Gasteiger partial charge is 0.113 e. The zero-order valence-electron chi connectivity index (χ0n) is 10.00. The van der Waals surface area contributed by atoms with Crippen molar-refractivity contribution in [2.75, 3.05) is 0 Å². The van der Waals surface area contributed by atoms with E-state index < -0.39 is 0 Å². The van der Waals surface area contributed by atoms with Gasteiger partial charge >= 0.3 is 0 Å². The van der Waals surface area contributed by atoms with Crippen molar-refractivity contribution >= 4 is 27.5 Å². The molecule has 0 radical (unpaired) electrons. The van der Waals surface area contributed by atoms with Crippen LogP contribution in [-0.4, -0.2) is 0 Å². The van der Waals surface area contributed by atoms with E-state index in [1.165, 1.54) is 36.0 Å². The van der Waals surface area contributed by atoms with Gasteiger partial charge in [0.05, 0.1) is 5.38 Å². The highest BCUT2D eigenvalue weighted by molar-refractivity contribution is 9.10. The number of fused-ring (bicyclic) bond motifs is 1. The van der Waals surface area contributed by atoms with Crippen LogP contribution in [0.5, 0.6) is 0 Å². The molecule has 2 aromatic rings. The summed E-state index contributed by atoms with van der Waals surface area (Å²) in [7, 11) is 0. The van der Waals surface area contributed by atoms with E-state index in [1.807, 2.05) is 18.2 Å². The van der Waals surface area contributed by atoms with Gasteiger partial charge in [0.25, 0.3) is 0 Å². The molecule has 0 saturated heterocycles. The van der Waals surface area contributed by atoms with E-state index in [2.05, 4.69) is 40.2 Å². The molecule has 1 aliphatic rings. The van der Waals surface area contributed by atoms with Crippen LogP contribution in [0.2, 0.25) is 0 Å². The quantitative estimate of drug-likeness (QED) is 0.661. The lowest BCUT2D eigenvalue weighted by Crippen LogP contribution is -1.96. The van der Waals surface area contributed by atoms with E-state index in [4.69, 9.17) is 11.6 Å². The first kappa shape index (κ1) is 12.3. The summed E-state index contributed by atoms with van der Waals surface area (Å²) in [6, 6.07) is 14.8. The van der Waals surface area contributed by atoms with Crippen LogP contribution in [0.4, 0.5) is 0 Å². The molecule has 1 aliphatic carbocycles. The van der Waals surface area contributed by atoms with Gasteiger partial charge in [0, 0.05) is 4.47 Å². The van der Waals surface area contributed by atoms with E-state index in [0.29, 0.717) is 0 Å². The molecule has 1 atom stereocenters. The average molecular weight is 322 g/mol. The van der Waals surface area contributed by atoms with Gasteiger partial charge in [0.1, 0.15) is 0 Å². The summed E-state index contributed by atoms with van der Waals surface area (Å²) in [5, 5.41) is -0.0773. The van der Waals surface area contributed by atoms with Crippen molar-refractivity contribution in [3.63, 3.8) is 0 Å². The maximum absolute atomic E-state index is 6.61. The van der Waals surface area contributed by atoms with Crippen LogP contribution in [0, 0.1) is 0 Å². The minimum atomic E-state index is -0.0773. The molecule has 0 amide bonds. The number of benzene rings is 2. The molecule has 0 fully saturated rings. The molecular weight excluding hydrogens is 308 g/mol. The van der Waals surface area contributed by atoms with Gasteiger partial charge in [-0.25, -0.2) is 0 Å². The van der Waals surface area contributed by atoms with Crippen LogP contribution in [0.1, 0.15) is 34.1 Å². The van der Waals surface area contributed by atoms with Gasteiger partial charge in [-0.05, 0) is 47.6 Å². The third-order valence-corrected chi connectivity index (χ3v) is 4.80. The van der Waals surface area contributed by atoms with Crippen LogP contribution in [0.15, 0.2) is 46.9 Å². The topological polar surface area (TPSA) is 0 Å². The van der Waals surface area contributed by atoms with E-state index in [-0.39, 0.29) is 5.38 Å². The summed E-state index contributed by atoms with van der Waals surface area (Å²) in [6.45, 7) is 0. The van der Waals surface area contributed by atoms with Crippen LogP contribution >= 0.6 is 27.5 Å². The van der Waals surface area contributed by atoms with Crippen LogP contribution in [-0.2, 0) is 12.8 Å². The molecule has 0 nitrogen and oxygen atoms in total. The highest BCUT2D eigenvalue weighted by Gasteiger charge is 2.17. The summed E-state index contributed by atoms with van der Waals surface area (Å²) in [5.41, 5.74) is 5.31. The number of alkyl halides is 1. The van der Waals surface area contributed by atoms with Crippen LogP contribution in [0.25, 0.3) is 0 Å². The zero-order valence-corrected chi connectivity index (χ0v) is 12.3. The highest BCUT2D eigenvalue weighted by atomic mass is 79.9. The van der Waals surface area contributed by atoms with Crippen LogP contribution < -0.4 is 0 Å². The SMILES string of the molecule is ClC(c1ccc2c(c1)CCC2)c1ccccc1Br. The summed E-state index contributed by atoms with van der Waals surface area (Å²) in [4.78, 5) is 0. The molecule has 2 aromatic carbocycles. The fourth-order valence-corrected chi connectivity index (χ4v) is 3.58. The normalized spacial score (nSPS) is 15.4. The molecular formula is C16H14BrCl. The van der Waals surface area contributed by atoms with Gasteiger partial charge in [-0.2, -0.15) is 0 Å². The van der Waals surface area contributed by atoms with Gasteiger partial charge < -0.3 is 0 Å². The zero-order chi connectivity index (χ0) is 12.5. The standard InChI is InChI=1S/C16H14BrCl/c17-15-7-2-1-6-14(15)16(18)13-9-8-11-4-3-5-12(11)10-13/h1-2,6-10,16H,3-5H2. The van der Waals surface area contributed by atoms with Crippen molar-refractivity contribution in [1.82, 2.24) is 0 Å². The molecule has 1 unspecified atom stereocenters. The molecule has 0 aromatic heterocycles. The molecule has 0 heterocycles. The van der Waals surface area contributed by atoms with Crippen molar-refractivity contribution < 1.29 is 0 Å². The Bertz CT molecular complexity index is 577. The van der Waals surface area contributed by atoms with Crippen molar-refractivity contribution in [2.24, 2.45) is 0 Å². The number of aryl methyl sites for hydroxylation is 2. The lowest BCUT2D eigenvalue weighted by molar-refractivity contribution is 0.911. The number of hydrogen-bond acceptors (Lipinski definition) is 0. The Hall–Kier alpha value is -0.790. The maximum Gasteiger partial charge on any atom is 0.0846 e. The Morgan fingerprint density at radius 3 is 2.61 bits per heavy atom. The van der Waals surface area contributed by atoms with E-state index >= 15 is 0 Å². The number of hydrogen-bond donors (Lipinski definition) is 0. The molecule has 2 heteroatoms. The Kier molecular flexibility index (Phi) is 3.45. The third-order valence-electron chi connectivity index (χ3n) is 3.59. The van der Waals surface area contributed by atoms with Gasteiger partial charge in [0.2, 0.25) is 0 Å². The lowest BCUT2D eigenvalue weighted by atomic mass is 10.00. The van der Waals surface area contributed by atoms with Gasteiger partial charge in [-0.3, -0.25) is 0 Å². The molecule has 3 rings (SSSR count). The second-order valence-corrected chi connectivity index (χ2v) is 6.06. The summed E-state index contributed by atoms with van der Waals surface area (Å²) in [5.74, 6) is 0. The van der Waals surface area contributed by atoms with Gasteiger partial charge in [-0.1, -0.05) is 52.3 Å². The van der Waals surface area contributed by atoms with E-state index in [1.54, 1.807) is 0 Å². The highest BCUT2D eigenvalue weighted by Crippen LogP contribution is 2.35.